The average molecular weight is 351 g/mol. The summed E-state index contributed by atoms with van der Waals surface area (Å²) in [6.07, 6.45) is 0. The number of nitrogens with two attached hydrogens (primary N) is 1. The standard InChI is InChI=1S/C19H21N5O2/c1-4-26-18(25)16-12(2)22-19(23-20)24(21-3)17(16)15-11-7-9-13-8-5-6-10-14(13)15/h5-11,17H,3-4,20H2,1-2H3,(H,22,23). The molecule has 1 atom stereocenters. The number of carbonyl (C=O) groups excluding carboxylic acids is 1. The number of carbonyl (C=O) groups is 1. The Bertz CT molecular complexity index is 914. The molecule has 2 aromatic carbocycles. The van der Waals surface area contributed by atoms with Crippen LogP contribution in [0.4, 0.5) is 0 Å². The number of hydrazone groups is 1. The molecule has 7 heteroatoms. The molecule has 1 heterocycles. The van der Waals surface area contributed by atoms with Gasteiger partial charge in [0, 0.05) is 6.72 Å². The highest BCUT2D eigenvalue weighted by Gasteiger charge is 2.37. The highest BCUT2D eigenvalue weighted by molar-refractivity contribution is 5.97. The smallest absolute Gasteiger partial charge is 0.338 e. The van der Waals surface area contributed by atoms with Crippen LogP contribution in [-0.4, -0.2) is 30.3 Å². The Balaban J connectivity index is 2.27. The van der Waals surface area contributed by atoms with Crippen molar-refractivity contribution in [3.63, 3.8) is 0 Å². The Hall–Kier alpha value is -3.19. The van der Waals surface area contributed by atoms with Crippen molar-refractivity contribution in [3.8, 4) is 0 Å². The van der Waals surface area contributed by atoms with Crippen molar-refractivity contribution in [1.82, 2.24) is 10.4 Å². The quantitative estimate of drug-likeness (QED) is 0.382. The lowest BCUT2D eigenvalue weighted by molar-refractivity contribution is -0.139. The molecule has 7 nitrogen and oxygen atoms in total. The second-order valence-electron chi connectivity index (χ2n) is 5.76. The fraction of sp³-hybridized carbons (Fsp3) is 0.211. The van der Waals surface area contributed by atoms with Crippen molar-refractivity contribution in [1.29, 1.82) is 0 Å². The molecular formula is C19H21N5O2. The van der Waals surface area contributed by atoms with Crippen molar-refractivity contribution in [3.05, 3.63) is 59.3 Å². The van der Waals surface area contributed by atoms with Gasteiger partial charge in [-0.1, -0.05) is 42.5 Å². The molecule has 1 aliphatic heterocycles. The molecule has 134 valence electrons. The minimum Gasteiger partial charge on any atom is -0.463 e. The molecule has 1 unspecified atom stereocenters. The predicted molar refractivity (Wildman–Crippen MR) is 102 cm³/mol. The lowest BCUT2D eigenvalue weighted by atomic mass is 9.91. The van der Waals surface area contributed by atoms with E-state index in [-0.39, 0.29) is 6.61 Å². The van der Waals surface area contributed by atoms with Crippen LogP contribution in [0.15, 0.2) is 63.8 Å². The second-order valence-corrected chi connectivity index (χ2v) is 5.76. The van der Waals surface area contributed by atoms with E-state index in [1.165, 1.54) is 5.01 Å². The minimum absolute atomic E-state index is 0.269. The molecule has 0 spiro atoms. The van der Waals surface area contributed by atoms with Crippen molar-refractivity contribution >= 4 is 29.4 Å². The highest BCUT2D eigenvalue weighted by Crippen LogP contribution is 2.38. The summed E-state index contributed by atoms with van der Waals surface area (Å²) in [4.78, 5) is 17.0. The molecule has 3 rings (SSSR count). The molecule has 0 saturated heterocycles. The highest BCUT2D eigenvalue weighted by atomic mass is 16.5. The topological polar surface area (TPSA) is 92.3 Å². The summed E-state index contributed by atoms with van der Waals surface area (Å²) in [6.45, 7) is 7.42. The number of nitrogens with one attached hydrogen (secondary N) is 1. The van der Waals surface area contributed by atoms with Crippen LogP contribution in [0.25, 0.3) is 10.8 Å². The number of esters is 1. The molecule has 0 aliphatic carbocycles. The van der Waals surface area contributed by atoms with Crippen LogP contribution in [0.1, 0.15) is 25.5 Å². The van der Waals surface area contributed by atoms with Crippen molar-refractivity contribution in [2.45, 2.75) is 19.9 Å². The van der Waals surface area contributed by atoms with Gasteiger partial charge in [-0.15, -0.1) is 0 Å². The van der Waals surface area contributed by atoms with Crippen LogP contribution in [0.2, 0.25) is 0 Å². The van der Waals surface area contributed by atoms with E-state index in [1.807, 2.05) is 42.5 Å². The van der Waals surface area contributed by atoms with Crippen molar-refractivity contribution in [2.24, 2.45) is 15.9 Å². The first kappa shape index (κ1) is 17.6. The van der Waals surface area contributed by atoms with Crippen LogP contribution in [0.5, 0.6) is 0 Å². The van der Waals surface area contributed by atoms with Crippen LogP contribution in [0, 0.1) is 0 Å². The number of aliphatic imine (C=N–C) groups is 1. The third-order valence-electron chi connectivity index (χ3n) is 4.29. The van der Waals surface area contributed by atoms with Gasteiger partial charge in [-0.05, 0) is 30.2 Å². The Morgan fingerprint density at radius 2 is 2.08 bits per heavy atom. The molecule has 0 fully saturated rings. The van der Waals surface area contributed by atoms with Gasteiger partial charge in [0.1, 0.15) is 6.04 Å². The number of hydrogen-bond donors (Lipinski definition) is 2. The van der Waals surface area contributed by atoms with Crippen LogP contribution in [-0.2, 0) is 9.53 Å². The van der Waals surface area contributed by atoms with E-state index in [2.05, 4.69) is 22.2 Å². The summed E-state index contributed by atoms with van der Waals surface area (Å²) < 4.78 is 5.27. The van der Waals surface area contributed by atoms with Gasteiger partial charge in [0.2, 0.25) is 5.96 Å². The number of hydrogen-bond acceptors (Lipinski definition) is 7. The lowest BCUT2D eigenvalue weighted by Crippen LogP contribution is -2.47. The predicted octanol–water partition coefficient (Wildman–Crippen LogP) is 2.47. The number of allylic oxidation sites excluding steroid dienone is 1. The molecule has 0 saturated carbocycles. The van der Waals surface area contributed by atoms with Gasteiger partial charge in [0.25, 0.3) is 0 Å². The Labute approximate surface area is 151 Å². The van der Waals surface area contributed by atoms with E-state index in [4.69, 9.17) is 10.6 Å². The van der Waals surface area contributed by atoms with Gasteiger partial charge in [0.15, 0.2) is 0 Å². The molecule has 0 radical (unpaired) electrons. The van der Waals surface area contributed by atoms with E-state index in [0.717, 1.165) is 16.3 Å². The molecule has 0 amide bonds. The van der Waals surface area contributed by atoms with Gasteiger partial charge in [-0.25, -0.2) is 20.6 Å². The Morgan fingerprint density at radius 1 is 1.35 bits per heavy atom. The largest absolute Gasteiger partial charge is 0.463 e. The van der Waals surface area contributed by atoms with Gasteiger partial charge >= 0.3 is 5.97 Å². The number of hydrazine groups is 1. The summed E-state index contributed by atoms with van der Waals surface area (Å²) in [5.74, 6) is 5.49. The molecule has 3 N–H and O–H groups in total. The van der Waals surface area contributed by atoms with E-state index in [9.17, 15) is 4.79 Å². The zero-order valence-electron chi connectivity index (χ0n) is 14.8. The molecule has 2 aromatic rings. The number of benzene rings is 2. The lowest BCUT2D eigenvalue weighted by Gasteiger charge is -2.34. The molecular weight excluding hydrogens is 330 g/mol. The number of fused-ring (bicyclic) bond motifs is 1. The fourth-order valence-corrected chi connectivity index (χ4v) is 3.20. The first-order valence-electron chi connectivity index (χ1n) is 8.29. The monoisotopic (exact) mass is 351 g/mol. The first-order chi connectivity index (χ1) is 12.6. The van der Waals surface area contributed by atoms with Gasteiger partial charge in [-0.2, -0.15) is 5.10 Å². The molecule has 0 bridgehead atoms. The van der Waals surface area contributed by atoms with Crippen LogP contribution >= 0.6 is 0 Å². The number of guanidine groups is 1. The Morgan fingerprint density at radius 3 is 2.77 bits per heavy atom. The Kier molecular flexibility index (Phi) is 4.99. The van der Waals surface area contributed by atoms with Crippen molar-refractivity contribution < 1.29 is 9.53 Å². The number of nitrogens with zero attached hydrogens (tertiary/aromatic N) is 3. The van der Waals surface area contributed by atoms with Crippen molar-refractivity contribution in [2.75, 3.05) is 6.61 Å². The number of ether oxygens (including phenoxy) is 1. The third-order valence-corrected chi connectivity index (χ3v) is 4.29. The summed E-state index contributed by atoms with van der Waals surface area (Å²) in [5, 5.41) is 7.62. The summed E-state index contributed by atoms with van der Waals surface area (Å²) >= 11 is 0. The third kappa shape index (κ3) is 2.93. The summed E-state index contributed by atoms with van der Waals surface area (Å²) in [6, 6.07) is 13.3. The van der Waals surface area contributed by atoms with Gasteiger partial charge in [-0.3, -0.25) is 5.43 Å². The van der Waals surface area contributed by atoms with E-state index >= 15 is 0 Å². The normalized spacial score (nSPS) is 17.1. The fourth-order valence-electron chi connectivity index (χ4n) is 3.20. The van der Waals surface area contributed by atoms with Gasteiger partial charge in [0.05, 0.1) is 17.9 Å². The minimum atomic E-state index is -0.554. The zero-order valence-corrected chi connectivity index (χ0v) is 14.8. The molecule has 26 heavy (non-hydrogen) atoms. The zero-order chi connectivity index (χ0) is 18.7. The van der Waals surface area contributed by atoms with Gasteiger partial charge < -0.3 is 4.74 Å². The first-order valence-corrected chi connectivity index (χ1v) is 8.29. The maximum atomic E-state index is 12.7. The second kappa shape index (κ2) is 7.37. The summed E-state index contributed by atoms with van der Waals surface area (Å²) in [5.41, 5.74) is 4.35. The van der Waals surface area contributed by atoms with Crippen LogP contribution in [0.3, 0.4) is 0 Å². The van der Waals surface area contributed by atoms with Crippen LogP contribution < -0.4 is 11.3 Å². The maximum Gasteiger partial charge on any atom is 0.338 e. The maximum absolute atomic E-state index is 12.7. The molecule has 1 aliphatic rings. The van der Waals surface area contributed by atoms with E-state index in [0.29, 0.717) is 17.2 Å². The van der Waals surface area contributed by atoms with E-state index < -0.39 is 12.0 Å². The number of rotatable bonds is 4. The van der Waals surface area contributed by atoms with E-state index in [1.54, 1.807) is 13.8 Å². The SMILES string of the molecule is C=NN1C(NN)=NC(C)=C(C(=O)OCC)C1c1cccc2ccccc12. The average Bonchev–Trinajstić information content (AvgIpc) is 2.66. The molecule has 0 aromatic heterocycles. The summed E-state index contributed by atoms with van der Waals surface area (Å²) in [7, 11) is 0.